The molecule has 3 atom stereocenters. The fourth-order valence-corrected chi connectivity index (χ4v) is 14.2. The van der Waals surface area contributed by atoms with Gasteiger partial charge in [0.2, 0.25) is 0 Å². The lowest BCUT2D eigenvalue weighted by Gasteiger charge is -2.46. The molecule has 2 unspecified atom stereocenters. The fraction of sp³-hybridized carbons (Fsp3) is 0.517. The summed E-state index contributed by atoms with van der Waals surface area (Å²) in [6, 6.07) is 25.8. The zero-order valence-electron chi connectivity index (χ0n) is 46.3. The van der Waals surface area contributed by atoms with Crippen LogP contribution in [0.3, 0.4) is 0 Å². The number of hydrogen-bond acceptors (Lipinski definition) is 14. The predicted molar refractivity (Wildman–Crippen MR) is 310 cm³/mol. The standard InChI is InChI=1S/C58H75ClF3N7O8S3/c1-42-38-67(29-32-69(42)55(71)77-56(2,3)4)41-57(5)24-22-51(43-12-16-46(59)17-13-43)45(37-57)39-66-27-30-68(31-28-66)48-18-14-44(15-19-48)54(70)64-80(74,75)50-20-21-52(53(36-50)79(72,73)58(60,61)62)63-47(40-78-49-10-7-6-8-11-49)23-26-65-25-9-34-76-35-33-65/h6-8,10-21,36,42,47,63H,9,22-35,37-41H2,1-5H3,(H,64,70)/t42?,47?,57-/m1/s1. The number of nitrogens with one attached hydrogen (secondary N) is 2. The van der Waals surface area contributed by atoms with Crippen molar-refractivity contribution in [2.24, 2.45) is 5.41 Å². The zero-order valence-corrected chi connectivity index (χ0v) is 49.5. The minimum atomic E-state index is -6.09. The van der Waals surface area contributed by atoms with Crippen LogP contribution in [0.4, 0.5) is 29.3 Å². The first kappa shape index (κ1) is 61.2. The maximum absolute atomic E-state index is 14.3. The van der Waals surface area contributed by atoms with Gasteiger partial charge in [-0.05, 0) is 143 Å². The number of piperazine rings is 2. The van der Waals surface area contributed by atoms with Crippen molar-refractivity contribution in [2.45, 2.75) is 105 Å². The van der Waals surface area contributed by atoms with E-state index in [1.165, 1.54) is 40.6 Å². The van der Waals surface area contributed by atoms with Gasteiger partial charge in [-0.2, -0.15) is 13.2 Å². The molecule has 4 aliphatic rings. The van der Waals surface area contributed by atoms with Crippen LogP contribution in [0.15, 0.2) is 117 Å². The van der Waals surface area contributed by atoms with Gasteiger partial charge >= 0.3 is 11.6 Å². The van der Waals surface area contributed by atoms with Crippen LogP contribution in [0, 0.1) is 5.41 Å². The van der Waals surface area contributed by atoms with Crippen LogP contribution in [0.1, 0.15) is 82.6 Å². The zero-order chi connectivity index (χ0) is 57.5. The van der Waals surface area contributed by atoms with E-state index in [0.29, 0.717) is 69.2 Å². The van der Waals surface area contributed by atoms with Crippen molar-refractivity contribution in [3.63, 3.8) is 0 Å². The van der Waals surface area contributed by atoms with E-state index in [0.717, 1.165) is 94.2 Å². The Hall–Kier alpha value is -4.87. The number of nitrogens with zero attached hydrogens (tertiary/aromatic N) is 5. The molecule has 3 heterocycles. The maximum Gasteiger partial charge on any atom is 0.501 e. The molecule has 80 heavy (non-hydrogen) atoms. The molecule has 2 amide bonds. The number of alkyl halides is 3. The van der Waals surface area contributed by atoms with Crippen LogP contribution in [0.2, 0.25) is 5.02 Å². The molecule has 2 N–H and O–H groups in total. The Balaban J connectivity index is 0.906. The summed E-state index contributed by atoms with van der Waals surface area (Å²) in [5, 5.41) is 3.70. The van der Waals surface area contributed by atoms with Crippen molar-refractivity contribution in [2.75, 3.05) is 108 Å². The minimum absolute atomic E-state index is 0.0161. The lowest BCUT2D eigenvalue weighted by Crippen LogP contribution is -2.56. The van der Waals surface area contributed by atoms with Crippen LogP contribution in [0.5, 0.6) is 0 Å². The van der Waals surface area contributed by atoms with Gasteiger partial charge in [-0.15, -0.1) is 11.8 Å². The third-order valence-electron chi connectivity index (χ3n) is 15.2. The molecule has 0 bridgehead atoms. The lowest BCUT2D eigenvalue weighted by molar-refractivity contribution is -0.0436. The molecule has 3 fully saturated rings. The van der Waals surface area contributed by atoms with Gasteiger partial charge in [-0.1, -0.05) is 54.4 Å². The van der Waals surface area contributed by atoms with Crippen molar-refractivity contribution in [1.29, 1.82) is 0 Å². The molecule has 0 saturated carbocycles. The third kappa shape index (κ3) is 16.2. The number of allylic oxidation sites excluding steroid dienone is 1. The summed E-state index contributed by atoms with van der Waals surface area (Å²) in [7, 11) is -11.0. The molecule has 0 aromatic heterocycles. The smallest absolute Gasteiger partial charge is 0.444 e. The number of halogens is 4. The highest BCUT2D eigenvalue weighted by atomic mass is 35.5. The second kappa shape index (κ2) is 26.1. The average molecular weight is 1190 g/mol. The van der Waals surface area contributed by atoms with E-state index in [4.69, 9.17) is 21.1 Å². The van der Waals surface area contributed by atoms with Gasteiger partial charge < -0.3 is 29.5 Å². The summed E-state index contributed by atoms with van der Waals surface area (Å²) in [5.41, 5.74) is -1.98. The van der Waals surface area contributed by atoms with Crippen LogP contribution in [-0.4, -0.2) is 169 Å². The molecule has 4 aromatic carbocycles. The summed E-state index contributed by atoms with van der Waals surface area (Å²) in [4.78, 5) is 36.5. The van der Waals surface area contributed by atoms with E-state index >= 15 is 0 Å². The summed E-state index contributed by atoms with van der Waals surface area (Å²) in [5.74, 6) is -0.681. The van der Waals surface area contributed by atoms with Gasteiger partial charge in [0.15, 0.2) is 0 Å². The molecule has 15 nitrogen and oxygen atoms in total. The van der Waals surface area contributed by atoms with E-state index < -0.39 is 58.4 Å². The van der Waals surface area contributed by atoms with Crippen LogP contribution < -0.4 is 14.9 Å². The first-order chi connectivity index (χ1) is 37.8. The number of carbonyl (C=O) groups is 2. The highest BCUT2D eigenvalue weighted by Crippen LogP contribution is 2.44. The second-order valence-corrected chi connectivity index (χ2v) is 27.9. The van der Waals surface area contributed by atoms with E-state index in [2.05, 4.69) is 50.9 Å². The predicted octanol–water partition coefficient (Wildman–Crippen LogP) is 10.1. The lowest BCUT2D eigenvalue weighted by atomic mass is 9.71. The van der Waals surface area contributed by atoms with Gasteiger partial charge in [0.1, 0.15) is 10.5 Å². The number of rotatable bonds is 18. The molecular weight excluding hydrogens is 1110 g/mol. The molecule has 436 valence electrons. The van der Waals surface area contributed by atoms with Crippen LogP contribution in [-0.2, 0) is 29.3 Å². The molecule has 22 heteroatoms. The third-order valence-corrected chi connectivity index (χ3v) is 19.5. The van der Waals surface area contributed by atoms with Crippen molar-refractivity contribution < 1.29 is 49.1 Å². The number of carbonyl (C=O) groups excluding carboxylic acids is 2. The topological polar surface area (TPSA) is 161 Å². The average Bonchev–Trinajstić information content (AvgIpc) is 3.75. The van der Waals surface area contributed by atoms with Gasteiger partial charge in [-0.3, -0.25) is 14.6 Å². The fourth-order valence-electron chi connectivity index (χ4n) is 11.0. The summed E-state index contributed by atoms with van der Waals surface area (Å²) in [6.07, 6.45) is 3.85. The highest BCUT2D eigenvalue weighted by molar-refractivity contribution is 7.99. The normalized spacial score (nSPS) is 21.0. The number of amides is 2. The SMILES string of the molecule is CC1CN(C[C@]2(C)CCC(c3ccc(Cl)cc3)=C(CN3CCN(c4ccc(C(=O)NS(=O)(=O)c5ccc(NC(CCN6CCCOCC6)CSc6ccccc6)c(S(=O)(=O)C(F)(F)F)c5)cc4)CC3)C2)CCN1C(=O)OC(C)(C)C. The monoisotopic (exact) mass is 1190 g/mol. The number of ether oxygens (including phenoxy) is 2. The number of thioether (sulfide) groups is 1. The van der Waals surface area contributed by atoms with Crippen LogP contribution in [0.25, 0.3) is 5.57 Å². The Labute approximate surface area is 479 Å². The van der Waals surface area contributed by atoms with Crippen molar-refractivity contribution in [1.82, 2.24) is 24.3 Å². The number of sulfone groups is 1. The summed E-state index contributed by atoms with van der Waals surface area (Å²) in [6.45, 7) is 20.0. The Morgan fingerprint density at radius 3 is 2.23 bits per heavy atom. The van der Waals surface area contributed by atoms with Crippen molar-refractivity contribution >= 4 is 72.2 Å². The quantitative estimate of drug-likeness (QED) is 0.0906. The first-order valence-corrected chi connectivity index (χ1v) is 31.7. The van der Waals surface area contributed by atoms with Crippen molar-refractivity contribution in [3.05, 3.63) is 119 Å². The minimum Gasteiger partial charge on any atom is -0.444 e. The Morgan fingerprint density at radius 2 is 1.55 bits per heavy atom. The maximum atomic E-state index is 14.3. The van der Waals surface area contributed by atoms with E-state index in [1.54, 1.807) is 12.1 Å². The summed E-state index contributed by atoms with van der Waals surface area (Å²) >= 11 is 7.78. The van der Waals surface area contributed by atoms with E-state index in [9.17, 15) is 39.6 Å². The molecule has 8 rings (SSSR count). The van der Waals surface area contributed by atoms with Gasteiger partial charge in [-0.25, -0.2) is 26.4 Å². The first-order valence-electron chi connectivity index (χ1n) is 27.4. The van der Waals surface area contributed by atoms with Crippen molar-refractivity contribution in [3.8, 4) is 0 Å². The largest absolute Gasteiger partial charge is 0.501 e. The Kier molecular flexibility index (Phi) is 20.0. The van der Waals surface area contributed by atoms with Gasteiger partial charge in [0.25, 0.3) is 25.8 Å². The second-order valence-electron chi connectivity index (χ2n) is 22.7. The molecular formula is C58H75ClF3N7O8S3. The molecule has 3 aliphatic heterocycles. The summed E-state index contributed by atoms with van der Waals surface area (Å²) < 4.78 is 110. The van der Waals surface area contributed by atoms with Gasteiger partial charge in [0, 0.05) is 124 Å². The molecule has 1 aliphatic carbocycles. The number of anilines is 2. The number of benzene rings is 4. The molecule has 4 aromatic rings. The number of hydrogen-bond donors (Lipinski definition) is 2. The molecule has 3 saturated heterocycles. The molecule has 0 spiro atoms. The van der Waals surface area contributed by atoms with E-state index in [1.807, 2.05) is 72.9 Å². The molecule has 0 radical (unpaired) electrons. The van der Waals surface area contributed by atoms with Crippen LogP contribution >= 0.6 is 23.4 Å². The Morgan fingerprint density at radius 1 is 0.850 bits per heavy atom. The Bertz CT molecular complexity index is 3030. The highest BCUT2D eigenvalue weighted by Gasteiger charge is 2.49. The number of sulfonamides is 1. The van der Waals surface area contributed by atoms with Gasteiger partial charge in [0.05, 0.1) is 17.2 Å². The van der Waals surface area contributed by atoms with E-state index in [-0.39, 0.29) is 23.1 Å².